The van der Waals surface area contributed by atoms with Crippen molar-refractivity contribution in [2.24, 2.45) is 0 Å². The molecule has 29 heavy (non-hydrogen) atoms. The fourth-order valence-electron chi connectivity index (χ4n) is 3.96. The smallest absolute Gasteiger partial charge is 0.248 e. The van der Waals surface area contributed by atoms with Gasteiger partial charge < -0.3 is 0 Å². The minimum Gasteiger partial charge on any atom is -0.248 e. The summed E-state index contributed by atoms with van der Waals surface area (Å²) in [7, 11) is 0. The largest absolute Gasteiger partial charge is 0.321 e. The first-order valence-electron chi connectivity index (χ1n) is 9.41. The highest BCUT2D eigenvalue weighted by Gasteiger charge is 2.32. The molecule has 6 nitrogen and oxygen atoms in total. The highest BCUT2D eigenvalue weighted by molar-refractivity contribution is 14.1. The van der Waals surface area contributed by atoms with Gasteiger partial charge in [0.2, 0.25) is 0 Å². The molecule has 1 unspecified atom stereocenters. The Morgan fingerprint density at radius 3 is 2.76 bits per heavy atom. The summed E-state index contributed by atoms with van der Waals surface area (Å²) in [5, 5.41) is 13.0. The lowest BCUT2D eigenvalue weighted by Crippen LogP contribution is -2.20. The predicted octanol–water partition coefficient (Wildman–Crippen LogP) is 4.62. The molecule has 5 rings (SSSR count). The van der Waals surface area contributed by atoms with E-state index >= 15 is 0 Å². The Balaban J connectivity index is 1.51. The molecule has 2 aromatic heterocycles. The van der Waals surface area contributed by atoms with Crippen LogP contribution in [-0.4, -0.2) is 29.8 Å². The molecule has 1 aliphatic rings. The van der Waals surface area contributed by atoms with Crippen LogP contribution in [0.25, 0.3) is 17.0 Å². The van der Waals surface area contributed by atoms with Gasteiger partial charge in [0, 0.05) is 40.6 Å². The summed E-state index contributed by atoms with van der Waals surface area (Å²) < 4.78 is 28.7. The Morgan fingerprint density at radius 2 is 1.90 bits per heavy atom. The molecular formula is C20H17F2IN6. The molecule has 4 aromatic rings. The quantitative estimate of drug-likeness (QED) is 0.300. The molecule has 2 aromatic carbocycles. The predicted molar refractivity (Wildman–Crippen MR) is 112 cm³/mol. The summed E-state index contributed by atoms with van der Waals surface area (Å²) in [6.07, 6.45) is 2.32. The number of fused-ring (bicyclic) bond motifs is 2. The molecule has 0 N–H and O–H groups in total. The second-order valence-corrected chi connectivity index (χ2v) is 8.54. The van der Waals surface area contributed by atoms with Crippen LogP contribution < -0.4 is 0 Å². The van der Waals surface area contributed by atoms with Crippen molar-refractivity contribution < 1.29 is 8.78 Å². The average molecular weight is 506 g/mol. The maximum absolute atomic E-state index is 14.0. The molecule has 1 aliphatic heterocycles. The number of aryl methyl sites for hydroxylation is 1. The zero-order chi connectivity index (χ0) is 20.0. The van der Waals surface area contributed by atoms with Gasteiger partial charge in [0.25, 0.3) is 5.95 Å². The van der Waals surface area contributed by atoms with E-state index in [1.54, 1.807) is 16.8 Å². The lowest BCUT2D eigenvalue weighted by molar-refractivity contribution is 0.126. The summed E-state index contributed by atoms with van der Waals surface area (Å²) in [6, 6.07) is 14.4. The van der Waals surface area contributed by atoms with E-state index in [1.807, 2.05) is 35.0 Å². The summed E-state index contributed by atoms with van der Waals surface area (Å²) in [6.45, 7) is 0.759. The Bertz CT molecular complexity index is 1180. The molecule has 0 aliphatic carbocycles. The van der Waals surface area contributed by atoms with Crippen LogP contribution in [0.4, 0.5) is 8.78 Å². The topological polar surface area (TPSA) is 61.4 Å². The van der Waals surface area contributed by atoms with Gasteiger partial charge in [0.15, 0.2) is 0 Å². The molecule has 148 valence electrons. The molecule has 0 amide bonds. The van der Waals surface area contributed by atoms with Gasteiger partial charge in [-0.25, -0.2) is 4.68 Å². The lowest BCUT2D eigenvalue weighted by Gasteiger charge is -2.23. The van der Waals surface area contributed by atoms with Crippen LogP contribution >= 0.6 is 22.6 Å². The molecule has 0 spiro atoms. The van der Waals surface area contributed by atoms with E-state index in [0.717, 1.165) is 36.2 Å². The monoisotopic (exact) mass is 506 g/mol. The van der Waals surface area contributed by atoms with Crippen LogP contribution in [0.15, 0.2) is 48.5 Å². The molecule has 0 saturated heterocycles. The molecule has 0 fully saturated rings. The Labute approximate surface area is 179 Å². The third-order valence-corrected chi connectivity index (χ3v) is 5.89. The first-order chi connectivity index (χ1) is 14.0. The van der Waals surface area contributed by atoms with E-state index in [2.05, 4.69) is 15.4 Å². The van der Waals surface area contributed by atoms with Crippen LogP contribution in [0.5, 0.6) is 0 Å². The van der Waals surface area contributed by atoms with Crippen LogP contribution in [0.1, 0.15) is 35.7 Å². The molecule has 0 saturated carbocycles. The lowest BCUT2D eigenvalue weighted by atomic mass is 9.90. The van der Waals surface area contributed by atoms with E-state index in [-0.39, 0.29) is 11.5 Å². The van der Waals surface area contributed by atoms with Gasteiger partial charge in [-0.1, -0.05) is 41.6 Å². The zero-order valence-electron chi connectivity index (χ0n) is 15.3. The second-order valence-electron chi connectivity index (χ2n) is 7.18. The van der Waals surface area contributed by atoms with E-state index in [0.29, 0.717) is 17.9 Å². The van der Waals surface area contributed by atoms with Crippen molar-refractivity contribution >= 4 is 33.6 Å². The number of aromatic nitrogens is 6. The van der Waals surface area contributed by atoms with E-state index in [1.165, 1.54) is 28.7 Å². The van der Waals surface area contributed by atoms with E-state index in [4.69, 9.17) is 4.98 Å². The number of alkyl halides is 3. The summed E-state index contributed by atoms with van der Waals surface area (Å²) >= 11 is 1.20. The third kappa shape index (κ3) is 3.41. The molecule has 0 radical (unpaired) electrons. The van der Waals surface area contributed by atoms with Crippen molar-refractivity contribution in [3.8, 4) is 5.95 Å². The van der Waals surface area contributed by atoms with Crippen molar-refractivity contribution in [3.05, 3.63) is 65.5 Å². The normalized spacial score (nSPS) is 16.9. The molecule has 3 heterocycles. The summed E-state index contributed by atoms with van der Waals surface area (Å²) in [4.78, 5) is 4.74. The van der Waals surface area contributed by atoms with Gasteiger partial charge in [-0.05, 0) is 37.0 Å². The first-order valence-corrected chi connectivity index (χ1v) is 10.5. The van der Waals surface area contributed by atoms with Gasteiger partial charge in [0.1, 0.15) is 11.3 Å². The molecule has 1 atom stereocenters. The van der Waals surface area contributed by atoms with Crippen LogP contribution in [0.3, 0.4) is 0 Å². The summed E-state index contributed by atoms with van der Waals surface area (Å²) in [5.41, 5.74) is 2.33. The molecular weight excluding hydrogens is 489 g/mol. The van der Waals surface area contributed by atoms with Crippen LogP contribution in [-0.2, 0) is 16.9 Å². The van der Waals surface area contributed by atoms with Crippen LogP contribution in [0, 0.1) is 0 Å². The van der Waals surface area contributed by atoms with Gasteiger partial charge in [0.05, 0.1) is 5.52 Å². The SMILES string of the molecule is FC(F)(I)c1ccccc1CC1CCCn2nc(-n3nnc4ccccc43)nc21. The molecule has 9 heteroatoms. The Hall–Kier alpha value is -2.43. The maximum atomic E-state index is 14.0. The number of halogens is 3. The Morgan fingerprint density at radius 1 is 1.10 bits per heavy atom. The van der Waals surface area contributed by atoms with Crippen molar-refractivity contribution in [1.29, 1.82) is 0 Å². The highest BCUT2D eigenvalue weighted by atomic mass is 127. The van der Waals surface area contributed by atoms with Gasteiger partial charge >= 0.3 is 3.93 Å². The zero-order valence-corrected chi connectivity index (χ0v) is 17.5. The number of hydrogen-bond donors (Lipinski definition) is 0. The third-order valence-electron chi connectivity index (χ3n) is 5.31. The standard InChI is InChI=1S/C20H17F2IN6/c21-20(22,23)15-8-2-1-6-13(15)12-14-7-5-11-28-18(14)24-19(26-28)29-17-10-4-3-9-16(17)25-27-29/h1-4,6,8-10,14H,5,7,11-12H2. The van der Waals surface area contributed by atoms with Gasteiger partial charge in [-0.3, -0.25) is 0 Å². The minimum atomic E-state index is -2.90. The number of para-hydroxylation sites is 1. The Kier molecular flexibility index (Phi) is 4.56. The number of benzene rings is 2. The minimum absolute atomic E-state index is 0.0275. The maximum Gasteiger partial charge on any atom is 0.321 e. The number of nitrogens with zero attached hydrogens (tertiary/aromatic N) is 6. The van der Waals surface area contributed by atoms with E-state index in [9.17, 15) is 8.78 Å². The van der Waals surface area contributed by atoms with Crippen molar-refractivity contribution in [3.63, 3.8) is 0 Å². The van der Waals surface area contributed by atoms with Crippen molar-refractivity contribution in [1.82, 2.24) is 29.8 Å². The average Bonchev–Trinajstić information content (AvgIpc) is 3.32. The van der Waals surface area contributed by atoms with Crippen molar-refractivity contribution in [2.75, 3.05) is 0 Å². The van der Waals surface area contributed by atoms with Gasteiger partial charge in [-0.2, -0.15) is 18.4 Å². The second kappa shape index (κ2) is 7.12. The fourth-order valence-corrected chi connectivity index (χ4v) is 4.49. The first kappa shape index (κ1) is 18.6. The van der Waals surface area contributed by atoms with Crippen molar-refractivity contribution in [2.45, 2.75) is 35.7 Å². The van der Waals surface area contributed by atoms with E-state index < -0.39 is 3.93 Å². The fraction of sp³-hybridized carbons (Fsp3) is 0.300. The molecule has 0 bridgehead atoms. The van der Waals surface area contributed by atoms with Crippen LogP contribution in [0.2, 0.25) is 0 Å². The summed E-state index contributed by atoms with van der Waals surface area (Å²) in [5.74, 6) is 1.31. The number of rotatable bonds is 4. The number of hydrogen-bond acceptors (Lipinski definition) is 4. The van der Waals surface area contributed by atoms with Gasteiger partial charge in [-0.15, -0.1) is 10.2 Å². The highest BCUT2D eigenvalue weighted by Crippen LogP contribution is 2.39.